The second kappa shape index (κ2) is 2.91. The number of aromatic amines is 1. The van der Waals surface area contributed by atoms with Gasteiger partial charge in [0.05, 0.1) is 10.4 Å². The van der Waals surface area contributed by atoms with E-state index in [1.54, 1.807) is 0 Å². The number of halogens is 2. The summed E-state index contributed by atoms with van der Waals surface area (Å²) in [6.07, 6.45) is 0. The van der Waals surface area contributed by atoms with Crippen LogP contribution in [-0.2, 0) is 0 Å². The smallest absolute Gasteiger partial charge is 0.266 e. The van der Waals surface area contributed by atoms with E-state index in [2.05, 4.69) is 10.2 Å². The van der Waals surface area contributed by atoms with Crippen molar-refractivity contribution in [2.45, 2.75) is 0 Å². The highest BCUT2D eigenvalue weighted by molar-refractivity contribution is 6.34. The van der Waals surface area contributed by atoms with Crippen LogP contribution in [0, 0.1) is 15.9 Å². The fourth-order valence-electron chi connectivity index (χ4n) is 1.13. The van der Waals surface area contributed by atoms with E-state index in [1.165, 1.54) is 0 Å². The zero-order valence-corrected chi connectivity index (χ0v) is 7.38. The second-order valence-electron chi connectivity index (χ2n) is 2.62. The van der Waals surface area contributed by atoms with Crippen molar-refractivity contribution in [3.8, 4) is 0 Å². The van der Waals surface area contributed by atoms with Gasteiger partial charge in [-0.2, -0.15) is 9.49 Å². The quantitative estimate of drug-likeness (QED) is 0.586. The molecule has 1 heterocycles. The van der Waals surface area contributed by atoms with E-state index in [0.29, 0.717) is 5.39 Å². The number of nitrogens with one attached hydrogen (secondary N) is 1. The minimum absolute atomic E-state index is 0.156. The highest BCUT2D eigenvalue weighted by atomic mass is 35.5. The maximum Gasteiger partial charge on any atom is 0.305 e. The van der Waals surface area contributed by atoms with Gasteiger partial charge in [0, 0.05) is 17.5 Å². The molecule has 0 fully saturated rings. The Morgan fingerprint density at radius 3 is 2.93 bits per heavy atom. The van der Waals surface area contributed by atoms with E-state index in [4.69, 9.17) is 11.6 Å². The molecule has 0 saturated heterocycles. The van der Waals surface area contributed by atoms with Crippen molar-refractivity contribution in [3.05, 3.63) is 33.2 Å². The van der Waals surface area contributed by atoms with Gasteiger partial charge in [-0.3, -0.25) is 15.2 Å². The molecule has 0 unspecified atom stereocenters. The van der Waals surface area contributed by atoms with Gasteiger partial charge in [0.25, 0.3) is 0 Å². The standard InChI is InChI=1S/C7H3ClFN3O2/c8-7-3-1-6(12(13)14)4(9)2-5(3)10-11-7/h1-2H,(H,10,11). The molecular formula is C7H3ClFN3O2. The number of benzene rings is 1. The molecule has 0 spiro atoms. The van der Waals surface area contributed by atoms with Gasteiger partial charge in [-0.15, -0.1) is 0 Å². The first-order valence-electron chi connectivity index (χ1n) is 3.57. The van der Waals surface area contributed by atoms with Crippen molar-refractivity contribution in [1.29, 1.82) is 0 Å². The third-order valence-corrected chi connectivity index (χ3v) is 2.06. The minimum atomic E-state index is -0.925. The molecule has 0 bridgehead atoms. The number of aromatic nitrogens is 2. The Balaban J connectivity index is 2.80. The summed E-state index contributed by atoms with van der Waals surface area (Å²) in [4.78, 5) is 9.58. The molecule has 0 atom stereocenters. The first-order valence-corrected chi connectivity index (χ1v) is 3.95. The van der Waals surface area contributed by atoms with E-state index < -0.39 is 16.4 Å². The normalized spacial score (nSPS) is 10.7. The van der Waals surface area contributed by atoms with Gasteiger partial charge >= 0.3 is 5.69 Å². The number of hydrogen-bond acceptors (Lipinski definition) is 3. The molecule has 0 saturated carbocycles. The van der Waals surface area contributed by atoms with Crippen LogP contribution in [0.3, 0.4) is 0 Å². The second-order valence-corrected chi connectivity index (χ2v) is 2.99. The van der Waals surface area contributed by atoms with Gasteiger partial charge in [0.2, 0.25) is 5.82 Å². The number of rotatable bonds is 1. The zero-order valence-electron chi connectivity index (χ0n) is 6.62. The molecule has 0 radical (unpaired) electrons. The lowest BCUT2D eigenvalue weighted by molar-refractivity contribution is -0.387. The predicted molar refractivity (Wildman–Crippen MR) is 47.7 cm³/mol. The van der Waals surface area contributed by atoms with Crippen LogP contribution < -0.4 is 0 Å². The van der Waals surface area contributed by atoms with E-state index in [-0.39, 0.29) is 10.7 Å². The van der Waals surface area contributed by atoms with Crippen molar-refractivity contribution in [2.24, 2.45) is 0 Å². The summed E-state index contributed by atoms with van der Waals surface area (Å²) in [5, 5.41) is 16.9. The van der Waals surface area contributed by atoms with E-state index >= 15 is 0 Å². The zero-order chi connectivity index (χ0) is 10.3. The van der Waals surface area contributed by atoms with Crippen LogP contribution in [0.25, 0.3) is 10.9 Å². The molecule has 72 valence electrons. The molecule has 1 aromatic heterocycles. The predicted octanol–water partition coefficient (Wildman–Crippen LogP) is 2.26. The molecular weight excluding hydrogens is 213 g/mol. The third-order valence-electron chi connectivity index (χ3n) is 1.77. The summed E-state index contributed by atoms with van der Waals surface area (Å²) < 4.78 is 13.0. The SMILES string of the molecule is O=[N+]([O-])c1cc2c(Cl)[nH]nc2cc1F. The average Bonchev–Trinajstić information content (AvgIpc) is 2.46. The molecule has 14 heavy (non-hydrogen) atoms. The van der Waals surface area contributed by atoms with Gasteiger partial charge in [0.1, 0.15) is 5.15 Å². The summed E-state index contributed by atoms with van der Waals surface area (Å²) in [5.41, 5.74) is -0.348. The number of nitro groups is 1. The Kier molecular flexibility index (Phi) is 1.85. The fourth-order valence-corrected chi connectivity index (χ4v) is 1.32. The van der Waals surface area contributed by atoms with Gasteiger partial charge in [0.15, 0.2) is 0 Å². The Bertz CT molecular complexity index is 525. The van der Waals surface area contributed by atoms with Crippen LogP contribution in [0.2, 0.25) is 5.15 Å². The first-order chi connectivity index (χ1) is 6.59. The first kappa shape index (κ1) is 8.89. The van der Waals surface area contributed by atoms with Gasteiger partial charge in [-0.05, 0) is 0 Å². The van der Waals surface area contributed by atoms with Crippen molar-refractivity contribution in [1.82, 2.24) is 10.2 Å². The van der Waals surface area contributed by atoms with Crippen molar-refractivity contribution >= 4 is 28.2 Å². The largest absolute Gasteiger partial charge is 0.305 e. The molecule has 5 nitrogen and oxygen atoms in total. The lowest BCUT2D eigenvalue weighted by atomic mass is 10.2. The highest BCUT2D eigenvalue weighted by Gasteiger charge is 2.17. The van der Waals surface area contributed by atoms with Crippen molar-refractivity contribution in [2.75, 3.05) is 0 Å². The summed E-state index contributed by atoms with van der Waals surface area (Å²) in [7, 11) is 0. The third kappa shape index (κ3) is 1.20. The minimum Gasteiger partial charge on any atom is -0.266 e. The van der Waals surface area contributed by atoms with Crippen LogP contribution >= 0.6 is 11.6 Å². The van der Waals surface area contributed by atoms with Crippen molar-refractivity contribution < 1.29 is 9.31 Å². The molecule has 7 heteroatoms. The molecule has 1 N–H and O–H groups in total. The number of nitro benzene ring substituents is 1. The molecule has 0 aliphatic rings. The number of nitrogens with zero attached hydrogens (tertiary/aromatic N) is 2. The van der Waals surface area contributed by atoms with Crippen molar-refractivity contribution in [3.63, 3.8) is 0 Å². The summed E-state index contributed by atoms with van der Waals surface area (Å²) >= 11 is 5.64. The van der Waals surface area contributed by atoms with Gasteiger partial charge in [-0.25, -0.2) is 0 Å². The molecule has 1 aromatic carbocycles. The van der Waals surface area contributed by atoms with Crippen LogP contribution in [-0.4, -0.2) is 15.1 Å². The molecule has 0 amide bonds. The Morgan fingerprint density at radius 1 is 1.57 bits per heavy atom. The van der Waals surface area contributed by atoms with E-state index in [9.17, 15) is 14.5 Å². The number of hydrogen-bond donors (Lipinski definition) is 1. The van der Waals surface area contributed by atoms with Crippen LogP contribution in [0.5, 0.6) is 0 Å². The number of fused-ring (bicyclic) bond motifs is 1. The van der Waals surface area contributed by atoms with E-state index in [0.717, 1.165) is 12.1 Å². The number of H-pyrrole nitrogens is 1. The van der Waals surface area contributed by atoms with E-state index in [1.807, 2.05) is 0 Å². The highest BCUT2D eigenvalue weighted by Crippen LogP contribution is 2.27. The topological polar surface area (TPSA) is 71.8 Å². The maximum atomic E-state index is 13.0. The molecule has 0 aliphatic heterocycles. The fraction of sp³-hybridized carbons (Fsp3) is 0. The molecule has 0 aliphatic carbocycles. The average molecular weight is 216 g/mol. The van der Waals surface area contributed by atoms with Crippen LogP contribution in [0.15, 0.2) is 12.1 Å². The lowest BCUT2D eigenvalue weighted by Gasteiger charge is -1.93. The van der Waals surface area contributed by atoms with Gasteiger partial charge < -0.3 is 0 Å². The summed E-state index contributed by atoms with van der Waals surface area (Å²) in [6, 6.07) is 2.02. The lowest BCUT2D eigenvalue weighted by Crippen LogP contribution is -1.91. The summed E-state index contributed by atoms with van der Waals surface area (Å²) in [5.74, 6) is -0.925. The Hall–Kier alpha value is -1.69. The Morgan fingerprint density at radius 2 is 2.29 bits per heavy atom. The molecule has 2 aromatic rings. The summed E-state index contributed by atoms with van der Waals surface area (Å²) in [6.45, 7) is 0. The molecule has 2 rings (SSSR count). The Labute approximate surface area is 81.6 Å². The van der Waals surface area contributed by atoms with Crippen LogP contribution in [0.1, 0.15) is 0 Å². The van der Waals surface area contributed by atoms with Crippen LogP contribution in [0.4, 0.5) is 10.1 Å². The van der Waals surface area contributed by atoms with Gasteiger partial charge in [-0.1, -0.05) is 11.6 Å². The monoisotopic (exact) mass is 215 g/mol. The maximum absolute atomic E-state index is 13.0.